The molecule has 0 bridgehead atoms. The van der Waals surface area contributed by atoms with Crippen molar-refractivity contribution in [3.63, 3.8) is 0 Å². The van der Waals surface area contributed by atoms with E-state index in [2.05, 4.69) is 49.1 Å². The minimum atomic E-state index is -0.756. The molecular formula is C30H30N2O4. The van der Waals surface area contributed by atoms with E-state index in [-0.39, 0.29) is 5.69 Å². The first kappa shape index (κ1) is 24.9. The maximum atomic E-state index is 11.2. The predicted molar refractivity (Wildman–Crippen MR) is 145 cm³/mol. The molecule has 0 aliphatic carbocycles. The van der Waals surface area contributed by atoms with Crippen molar-refractivity contribution >= 4 is 29.8 Å². The number of nitro groups is 1. The zero-order valence-corrected chi connectivity index (χ0v) is 21.2. The number of benzene rings is 2. The molecule has 1 unspecified atom stereocenters. The Bertz CT molecular complexity index is 1380. The molecule has 0 amide bonds. The predicted octanol–water partition coefficient (Wildman–Crippen LogP) is 6.79. The van der Waals surface area contributed by atoms with Crippen LogP contribution in [0.4, 0.5) is 11.4 Å². The largest absolute Gasteiger partial charge is 0.463 e. The summed E-state index contributed by atoms with van der Waals surface area (Å²) >= 11 is 0. The number of anilines is 1. The smallest absolute Gasteiger partial charge is 0.270 e. The zero-order chi connectivity index (χ0) is 26.1. The van der Waals surface area contributed by atoms with E-state index in [1.165, 1.54) is 17.7 Å². The molecule has 0 saturated heterocycles. The van der Waals surface area contributed by atoms with Gasteiger partial charge >= 0.3 is 0 Å². The van der Waals surface area contributed by atoms with Gasteiger partial charge in [0, 0.05) is 30.4 Å². The van der Waals surface area contributed by atoms with E-state index in [4.69, 9.17) is 4.74 Å². The first-order valence-electron chi connectivity index (χ1n) is 11.8. The number of aldehydes is 1. The van der Waals surface area contributed by atoms with Crippen molar-refractivity contribution in [2.24, 2.45) is 0 Å². The number of non-ortho nitro benzene ring substituents is 1. The summed E-state index contributed by atoms with van der Waals surface area (Å²) in [7, 11) is 2.02. The van der Waals surface area contributed by atoms with Crippen LogP contribution in [0.5, 0.6) is 5.75 Å². The molecule has 6 heteroatoms. The van der Waals surface area contributed by atoms with Gasteiger partial charge in [0.15, 0.2) is 0 Å². The number of rotatable bonds is 6. The van der Waals surface area contributed by atoms with Gasteiger partial charge in [0.1, 0.15) is 12.0 Å². The molecule has 0 fully saturated rings. The van der Waals surface area contributed by atoms with Crippen LogP contribution in [0.1, 0.15) is 44.4 Å². The third-order valence-corrected chi connectivity index (χ3v) is 7.00. The molecule has 2 aliphatic heterocycles. The van der Waals surface area contributed by atoms with Crippen molar-refractivity contribution in [3.8, 4) is 5.75 Å². The second-order valence-corrected chi connectivity index (χ2v) is 9.72. The molecule has 4 rings (SSSR count). The van der Waals surface area contributed by atoms with Crippen LogP contribution in [0.2, 0.25) is 0 Å². The maximum Gasteiger partial charge on any atom is 0.270 e. The Balaban J connectivity index is 1.62. The topological polar surface area (TPSA) is 72.7 Å². The fraction of sp³-hybridized carbons (Fsp3) is 0.233. The van der Waals surface area contributed by atoms with Gasteiger partial charge in [-0.2, -0.15) is 0 Å². The molecule has 0 N–H and O–H groups in total. The Morgan fingerprint density at radius 1 is 1.06 bits per heavy atom. The summed E-state index contributed by atoms with van der Waals surface area (Å²) in [5.74, 6) is 0.628. The lowest BCUT2D eigenvalue weighted by Gasteiger charge is -2.45. The number of hydrogen-bond donors (Lipinski definition) is 0. The summed E-state index contributed by atoms with van der Waals surface area (Å²) in [6, 6.07) is 11.1. The first-order valence-corrected chi connectivity index (χ1v) is 11.8. The molecule has 2 aromatic rings. The molecule has 0 saturated carbocycles. The second kappa shape index (κ2) is 9.46. The molecule has 2 heterocycles. The van der Waals surface area contributed by atoms with Gasteiger partial charge < -0.3 is 9.64 Å². The van der Waals surface area contributed by atoms with E-state index >= 15 is 0 Å². The second-order valence-electron chi connectivity index (χ2n) is 9.72. The minimum Gasteiger partial charge on any atom is -0.463 e. The van der Waals surface area contributed by atoms with Gasteiger partial charge in [-0.05, 0) is 80.8 Å². The molecule has 1 atom stereocenters. The highest BCUT2D eigenvalue weighted by molar-refractivity contribution is 5.74. The number of likely N-dealkylation sites (N-methyl/N-ethyl adjacent to an activating group) is 1. The Kier molecular flexibility index (Phi) is 6.55. The number of nitrogens with zero attached hydrogens (tertiary/aromatic N) is 2. The summed E-state index contributed by atoms with van der Waals surface area (Å²) < 4.78 is 6.60. The van der Waals surface area contributed by atoms with Crippen LogP contribution in [0.15, 0.2) is 84.0 Å². The number of carbonyl (C=O) groups is 1. The summed E-state index contributed by atoms with van der Waals surface area (Å²) in [5.41, 5.74) is 4.91. The van der Waals surface area contributed by atoms with Crippen LogP contribution in [-0.4, -0.2) is 24.0 Å². The molecule has 0 radical (unpaired) electrons. The fourth-order valence-corrected chi connectivity index (χ4v) is 4.83. The molecule has 6 nitrogen and oxygen atoms in total. The molecule has 0 aromatic heterocycles. The van der Waals surface area contributed by atoms with Gasteiger partial charge in [-0.25, -0.2) is 0 Å². The number of hydrogen-bond acceptors (Lipinski definition) is 5. The van der Waals surface area contributed by atoms with Crippen molar-refractivity contribution in [1.29, 1.82) is 0 Å². The first-order chi connectivity index (χ1) is 17.1. The monoisotopic (exact) mass is 482 g/mol. The Hall–Kier alpha value is -4.19. The summed E-state index contributed by atoms with van der Waals surface area (Å²) in [6.07, 6.45) is 16.2. The molecular weight excluding hydrogens is 452 g/mol. The third kappa shape index (κ3) is 4.31. The summed E-state index contributed by atoms with van der Waals surface area (Å²) in [6.45, 7) is 8.24. The van der Waals surface area contributed by atoms with Gasteiger partial charge in [0.05, 0.1) is 10.3 Å². The van der Waals surface area contributed by atoms with E-state index < -0.39 is 16.1 Å². The van der Waals surface area contributed by atoms with Crippen molar-refractivity contribution in [2.75, 3.05) is 11.9 Å². The van der Waals surface area contributed by atoms with Crippen molar-refractivity contribution in [3.05, 3.63) is 111 Å². The highest BCUT2D eigenvalue weighted by atomic mass is 16.6. The van der Waals surface area contributed by atoms with Crippen LogP contribution in [0, 0.1) is 10.1 Å². The number of carbonyl (C=O) groups excluding carboxylic acids is 1. The fourth-order valence-electron chi connectivity index (χ4n) is 4.83. The Labute approximate surface area is 211 Å². The number of allylic oxidation sites excluding steroid dienone is 7. The molecule has 2 aromatic carbocycles. The Morgan fingerprint density at radius 2 is 1.81 bits per heavy atom. The van der Waals surface area contributed by atoms with Gasteiger partial charge in [-0.3, -0.25) is 14.9 Å². The van der Waals surface area contributed by atoms with Gasteiger partial charge in [0.2, 0.25) is 5.72 Å². The van der Waals surface area contributed by atoms with E-state index in [0.717, 1.165) is 28.7 Å². The highest BCUT2D eigenvalue weighted by Gasteiger charge is 2.57. The number of fused-ring (bicyclic) bond motifs is 2. The van der Waals surface area contributed by atoms with Crippen molar-refractivity contribution in [1.82, 2.24) is 0 Å². The van der Waals surface area contributed by atoms with Crippen molar-refractivity contribution in [2.45, 2.75) is 38.8 Å². The lowest BCUT2D eigenvalue weighted by atomic mass is 9.76. The number of nitro benzene ring substituents is 1. The van der Waals surface area contributed by atoms with E-state index in [0.29, 0.717) is 11.3 Å². The zero-order valence-electron chi connectivity index (χ0n) is 21.2. The van der Waals surface area contributed by atoms with Gasteiger partial charge in [-0.15, -0.1) is 0 Å². The highest BCUT2D eigenvalue weighted by Crippen LogP contribution is 2.54. The molecule has 36 heavy (non-hydrogen) atoms. The van der Waals surface area contributed by atoms with Crippen LogP contribution in [-0.2, 0) is 10.2 Å². The SMILES string of the molecule is CC(/C=C/C=C(C)/C=C/c1ccc2c(c1)C(C)(C)C1(C=Cc3cc([N+](=O)[O-])ccc3O1)N2C)=C\C=O. The summed E-state index contributed by atoms with van der Waals surface area (Å²) in [4.78, 5) is 23.5. The third-order valence-electron chi connectivity index (χ3n) is 7.00. The normalized spacial score (nSPS) is 20.6. The van der Waals surface area contributed by atoms with Crippen LogP contribution >= 0.6 is 0 Å². The standard InChI is InChI=1S/C30H30N2O4/c1-21(7-6-8-22(2)16-18-33)9-10-23-11-13-27-26(19-23)29(3,4)30(31(27)5)17-15-24-20-25(32(34)35)12-14-28(24)36-30/h6-20H,1-5H3/b8-6+,10-9+,21-7+,22-16+. The van der Waals surface area contributed by atoms with Crippen LogP contribution < -0.4 is 9.64 Å². The minimum absolute atomic E-state index is 0.0455. The van der Waals surface area contributed by atoms with Crippen LogP contribution in [0.25, 0.3) is 12.2 Å². The van der Waals surface area contributed by atoms with Gasteiger partial charge in [-0.1, -0.05) is 42.0 Å². The lowest BCUT2D eigenvalue weighted by Crippen LogP contribution is -2.58. The van der Waals surface area contributed by atoms with E-state index in [9.17, 15) is 14.9 Å². The quantitative estimate of drug-likeness (QED) is 0.149. The number of ether oxygens (including phenoxy) is 1. The Morgan fingerprint density at radius 3 is 2.53 bits per heavy atom. The average molecular weight is 483 g/mol. The lowest BCUT2D eigenvalue weighted by molar-refractivity contribution is -0.384. The van der Waals surface area contributed by atoms with E-state index in [1.54, 1.807) is 12.1 Å². The molecule has 184 valence electrons. The van der Waals surface area contributed by atoms with E-state index in [1.807, 2.05) is 51.3 Å². The van der Waals surface area contributed by atoms with Crippen molar-refractivity contribution < 1.29 is 14.5 Å². The molecule has 1 spiro atoms. The summed E-state index contributed by atoms with van der Waals surface area (Å²) in [5, 5.41) is 11.2. The maximum absolute atomic E-state index is 11.2. The molecule has 2 aliphatic rings. The average Bonchev–Trinajstić information content (AvgIpc) is 3.00. The van der Waals surface area contributed by atoms with Gasteiger partial charge in [0.25, 0.3) is 5.69 Å². The van der Waals surface area contributed by atoms with Crippen LogP contribution in [0.3, 0.4) is 0 Å².